The molecule has 2 atom stereocenters. The highest BCUT2D eigenvalue weighted by atomic mass is 19.1. The van der Waals surface area contributed by atoms with E-state index >= 15 is 0 Å². The van der Waals surface area contributed by atoms with Crippen LogP contribution in [0.25, 0.3) is 0 Å². The number of rotatable bonds is 5. The van der Waals surface area contributed by atoms with Gasteiger partial charge in [0.25, 0.3) is 0 Å². The molecule has 2 bridgehead atoms. The Hall–Kier alpha value is -1.71. The molecule has 0 radical (unpaired) electrons. The van der Waals surface area contributed by atoms with Gasteiger partial charge in [0.2, 0.25) is 0 Å². The van der Waals surface area contributed by atoms with E-state index in [4.69, 9.17) is 0 Å². The highest BCUT2D eigenvalue weighted by Gasteiger charge is 2.44. The highest BCUT2D eigenvalue weighted by Crippen LogP contribution is 2.41. The fourth-order valence-corrected chi connectivity index (χ4v) is 4.94. The van der Waals surface area contributed by atoms with Crippen molar-refractivity contribution in [1.82, 2.24) is 4.90 Å². The largest absolute Gasteiger partial charge is 0.390 e. The van der Waals surface area contributed by atoms with Gasteiger partial charge in [-0.15, -0.1) is 0 Å². The van der Waals surface area contributed by atoms with Crippen LogP contribution in [0.2, 0.25) is 0 Å². The molecule has 0 saturated carbocycles. The van der Waals surface area contributed by atoms with Gasteiger partial charge in [0.15, 0.2) is 0 Å². The fourth-order valence-electron chi connectivity index (χ4n) is 4.94. The summed E-state index contributed by atoms with van der Waals surface area (Å²) in [5.74, 6) is -0.191. The van der Waals surface area contributed by atoms with E-state index in [0.29, 0.717) is 12.1 Å². The van der Waals surface area contributed by atoms with E-state index in [-0.39, 0.29) is 5.82 Å². The summed E-state index contributed by atoms with van der Waals surface area (Å²) in [4.78, 5) is 2.62. The molecular formula is C23H28FNO. The molecule has 3 heteroatoms. The standard InChI is InChI=1S/C23H28FNO/c24-20-9-4-8-18(14-20)12-13-23(26)15-21-10-5-11-22(16-23)25(21)17-19-6-2-1-3-7-19/h1-4,6-9,14,21-22,26H,5,10-13,15-17H2. The first-order valence-electron chi connectivity index (χ1n) is 9.88. The van der Waals surface area contributed by atoms with Crippen molar-refractivity contribution in [1.29, 1.82) is 0 Å². The maximum absolute atomic E-state index is 13.4. The minimum absolute atomic E-state index is 0.191. The predicted molar refractivity (Wildman–Crippen MR) is 102 cm³/mol. The van der Waals surface area contributed by atoms with Gasteiger partial charge in [-0.3, -0.25) is 4.90 Å². The molecule has 0 amide bonds. The molecule has 2 aliphatic rings. The Bertz CT molecular complexity index is 718. The second-order valence-corrected chi connectivity index (χ2v) is 8.16. The van der Waals surface area contributed by atoms with Crippen LogP contribution in [-0.2, 0) is 13.0 Å². The third-order valence-corrected chi connectivity index (χ3v) is 6.22. The third kappa shape index (κ3) is 3.99. The van der Waals surface area contributed by atoms with Gasteiger partial charge < -0.3 is 5.11 Å². The molecule has 0 spiro atoms. The molecule has 2 aliphatic heterocycles. The second kappa shape index (κ2) is 7.50. The van der Waals surface area contributed by atoms with Gasteiger partial charge >= 0.3 is 0 Å². The lowest BCUT2D eigenvalue weighted by Gasteiger charge is -2.52. The molecular weight excluding hydrogens is 325 g/mol. The van der Waals surface area contributed by atoms with Gasteiger partial charge in [0.05, 0.1) is 5.60 Å². The van der Waals surface area contributed by atoms with Crippen molar-refractivity contribution in [2.45, 2.75) is 69.2 Å². The Balaban J connectivity index is 1.43. The fraction of sp³-hybridized carbons (Fsp3) is 0.478. The van der Waals surface area contributed by atoms with E-state index in [0.717, 1.165) is 37.8 Å². The number of hydrogen-bond donors (Lipinski definition) is 1. The zero-order chi connectivity index (χ0) is 18.0. The van der Waals surface area contributed by atoms with Gasteiger partial charge in [0, 0.05) is 18.6 Å². The summed E-state index contributed by atoms with van der Waals surface area (Å²) >= 11 is 0. The number of hydrogen-bond acceptors (Lipinski definition) is 2. The molecule has 2 saturated heterocycles. The second-order valence-electron chi connectivity index (χ2n) is 8.16. The van der Waals surface area contributed by atoms with Crippen molar-refractivity contribution < 1.29 is 9.50 Å². The van der Waals surface area contributed by atoms with E-state index in [1.807, 2.05) is 6.07 Å². The van der Waals surface area contributed by atoms with Gasteiger partial charge in [-0.1, -0.05) is 48.9 Å². The SMILES string of the molecule is OC1(CCc2cccc(F)c2)CC2CCCC(C1)N2Cc1ccccc1. The van der Waals surface area contributed by atoms with E-state index in [9.17, 15) is 9.50 Å². The molecule has 2 nitrogen and oxygen atoms in total. The average Bonchev–Trinajstić information content (AvgIpc) is 2.62. The van der Waals surface area contributed by atoms with Crippen LogP contribution in [0.1, 0.15) is 49.7 Å². The van der Waals surface area contributed by atoms with Crippen molar-refractivity contribution in [3.05, 3.63) is 71.5 Å². The Labute approximate surface area is 155 Å². The van der Waals surface area contributed by atoms with Crippen LogP contribution in [-0.4, -0.2) is 27.7 Å². The Morgan fingerprint density at radius 3 is 2.35 bits per heavy atom. The number of benzene rings is 2. The lowest BCUT2D eigenvalue weighted by atomic mass is 9.73. The summed E-state index contributed by atoms with van der Waals surface area (Å²) in [6.45, 7) is 0.982. The number of aryl methyl sites for hydroxylation is 1. The van der Waals surface area contributed by atoms with Crippen LogP contribution in [0.4, 0.5) is 4.39 Å². The Kier molecular flexibility index (Phi) is 5.10. The number of halogens is 1. The van der Waals surface area contributed by atoms with Crippen LogP contribution < -0.4 is 0 Å². The normalized spacial score (nSPS) is 28.8. The van der Waals surface area contributed by atoms with E-state index < -0.39 is 5.60 Å². The van der Waals surface area contributed by atoms with Crippen LogP contribution in [0.5, 0.6) is 0 Å². The molecule has 0 aromatic heterocycles. The van der Waals surface area contributed by atoms with E-state index in [1.54, 1.807) is 12.1 Å². The highest BCUT2D eigenvalue weighted by molar-refractivity contribution is 5.18. The van der Waals surface area contributed by atoms with Crippen LogP contribution in [0, 0.1) is 5.82 Å². The molecule has 26 heavy (non-hydrogen) atoms. The summed E-state index contributed by atoms with van der Waals surface area (Å²) in [7, 11) is 0. The maximum Gasteiger partial charge on any atom is 0.123 e. The number of piperidine rings is 2. The van der Waals surface area contributed by atoms with Gasteiger partial charge in [-0.05, 0) is 61.8 Å². The number of aliphatic hydroxyl groups is 1. The molecule has 138 valence electrons. The smallest absolute Gasteiger partial charge is 0.123 e. The van der Waals surface area contributed by atoms with E-state index in [1.165, 1.54) is 30.9 Å². The lowest BCUT2D eigenvalue weighted by molar-refractivity contribution is -0.0988. The lowest BCUT2D eigenvalue weighted by Crippen LogP contribution is -2.57. The average molecular weight is 353 g/mol. The Morgan fingerprint density at radius 2 is 1.65 bits per heavy atom. The molecule has 2 unspecified atom stereocenters. The first kappa shape index (κ1) is 17.7. The summed E-state index contributed by atoms with van der Waals surface area (Å²) < 4.78 is 13.4. The molecule has 4 rings (SSSR count). The van der Waals surface area contributed by atoms with Gasteiger partial charge in [-0.25, -0.2) is 4.39 Å². The maximum atomic E-state index is 13.4. The zero-order valence-electron chi connectivity index (χ0n) is 15.3. The summed E-state index contributed by atoms with van der Waals surface area (Å²) in [5.41, 5.74) is 1.72. The number of fused-ring (bicyclic) bond motifs is 2. The first-order valence-corrected chi connectivity index (χ1v) is 9.88. The van der Waals surface area contributed by atoms with Crippen LogP contribution in [0.15, 0.2) is 54.6 Å². The summed E-state index contributed by atoms with van der Waals surface area (Å²) in [6, 6.07) is 18.4. The topological polar surface area (TPSA) is 23.5 Å². The Morgan fingerprint density at radius 1 is 0.962 bits per heavy atom. The van der Waals surface area contributed by atoms with Crippen LogP contribution in [0.3, 0.4) is 0 Å². The summed E-state index contributed by atoms with van der Waals surface area (Å²) in [6.07, 6.45) is 6.75. The number of nitrogens with zero attached hydrogens (tertiary/aromatic N) is 1. The zero-order valence-corrected chi connectivity index (χ0v) is 15.3. The first-order chi connectivity index (χ1) is 12.6. The van der Waals surface area contributed by atoms with Crippen molar-refractivity contribution in [3.63, 3.8) is 0 Å². The molecule has 1 N–H and O–H groups in total. The van der Waals surface area contributed by atoms with Gasteiger partial charge in [-0.2, -0.15) is 0 Å². The summed E-state index contributed by atoms with van der Waals surface area (Å²) in [5, 5.41) is 11.3. The van der Waals surface area contributed by atoms with E-state index in [2.05, 4.69) is 35.2 Å². The molecule has 2 fully saturated rings. The van der Waals surface area contributed by atoms with Gasteiger partial charge in [0.1, 0.15) is 5.82 Å². The van der Waals surface area contributed by atoms with Crippen molar-refractivity contribution in [2.75, 3.05) is 0 Å². The minimum Gasteiger partial charge on any atom is -0.390 e. The molecule has 0 aliphatic carbocycles. The van der Waals surface area contributed by atoms with Crippen molar-refractivity contribution in [2.24, 2.45) is 0 Å². The molecule has 2 aromatic rings. The van der Waals surface area contributed by atoms with Crippen molar-refractivity contribution >= 4 is 0 Å². The quantitative estimate of drug-likeness (QED) is 0.842. The molecule has 2 aromatic carbocycles. The predicted octanol–water partition coefficient (Wildman–Crippen LogP) is 4.71. The molecule has 2 heterocycles. The minimum atomic E-state index is -0.616. The monoisotopic (exact) mass is 353 g/mol. The van der Waals surface area contributed by atoms with Crippen molar-refractivity contribution in [3.8, 4) is 0 Å². The third-order valence-electron chi connectivity index (χ3n) is 6.22. The van der Waals surface area contributed by atoms with Crippen LogP contribution >= 0.6 is 0 Å².